The molecule has 0 aromatic heterocycles. The number of ether oxygens (including phenoxy) is 1. The van der Waals surface area contributed by atoms with Gasteiger partial charge in [-0.25, -0.2) is 0 Å². The molecule has 0 aromatic carbocycles. The quantitative estimate of drug-likeness (QED) is 0.666. The molecule has 2 N–H and O–H groups in total. The van der Waals surface area contributed by atoms with Crippen LogP contribution < -0.4 is 5.73 Å². The van der Waals surface area contributed by atoms with Gasteiger partial charge in [-0.3, -0.25) is 0 Å². The topological polar surface area (TPSA) is 35.2 Å². The Morgan fingerprint density at radius 1 is 1.31 bits per heavy atom. The second kappa shape index (κ2) is 2.71. The summed E-state index contributed by atoms with van der Waals surface area (Å²) in [5.74, 6) is 1.62. The van der Waals surface area contributed by atoms with Gasteiger partial charge in [0.05, 0.1) is 6.10 Å². The third-order valence-corrected chi connectivity index (χ3v) is 4.73. The standard InChI is InChI=1S/C11H19NO/c12-7-9-8-3-1-6-13-10(8)11(9)4-2-5-11/h8-10H,1-7,12H2/t8-,9+,10-/m0/s1. The molecule has 3 fully saturated rings. The normalized spacial score (nSPS) is 46.4. The van der Waals surface area contributed by atoms with Gasteiger partial charge in [-0.1, -0.05) is 6.42 Å². The molecule has 0 aromatic rings. The average Bonchev–Trinajstić information content (AvgIpc) is 2.05. The Kier molecular flexibility index (Phi) is 1.72. The van der Waals surface area contributed by atoms with Crippen LogP contribution >= 0.6 is 0 Å². The molecule has 0 unspecified atom stereocenters. The van der Waals surface area contributed by atoms with Crippen LogP contribution in [0.1, 0.15) is 32.1 Å². The maximum absolute atomic E-state index is 5.91. The second-order valence-electron chi connectivity index (χ2n) is 5.03. The predicted octanol–water partition coefficient (Wildman–Crippen LogP) is 1.54. The summed E-state index contributed by atoms with van der Waals surface area (Å²) >= 11 is 0. The van der Waals surface area contributed by atoms with Gasteiger partial charge in [0.15, 0.2) is 0 Å². The Hall–Kier alpha value is -0.0800. The van der Waals surface area contributed by atoms with Crippen LogP contribution in [0.2, 0.25) is 0 Å². The van der Waals surface area contributed by atoms with Crippen LogP contribution in [0.25, 0.3) is 0 Å². The van der Waals surface area contributed by atoms with Gasteiger partial charge in [-0.05, 0) is 44.1 Å². The molecule has 1 heterocycles. The highest BCUT2D eigenvalue weighted by molar-refractivity contribution is 5.13. The second-order valence-corrected chi connectivity index (χ2v) is 5.03. The van der Waals surface area contributed by atoms with Gasteiger partial charge in [-0.15, -0.1) is 0 Å². The molecule has 0 radical (unpaired) electrons. The van der Waals surface area contributed by atoms with Gasteiger partial charge >= 0.3 is 0 Å². The third kappa shape index (κ3) is 0.861. The SMILES string of the molecule is NC[C@@H]1[C@@H]2CCCO[C@@H]2C12CCC2. The van der Waals surface area contributed by atoms with Crippen LogP contribution in [0.15, 0.2) is 0 Å². The summed E-state index contributed by atoms with van der Waals surface area (Å²) in [7, 11) is 0. The van der Waals surface area contributed by atoms with Crippen molar-refractivity contribution in [1.29, 1.82) is 0 Å². The van der Waals surface area contributed by atoms with E-state index in [4.69, 9.17) is 10.5 Å². The fraction of sp³-hybridized carbons (Fsp3) is 1.00. The lowest BCUT2D eigenvalue weighted by molar-refractivity contribution is -0.257. The Balaban J connectivity index is 1.80. The van der Waals surface area contributed by atoms with Crippen LogP contribution in [-0.2, 0) is 4.74 Å². The number of nitrogens with two attached hydrogens (primary N) is 1. The molecule has 3 aliphatic rings. The van der Waals surface area contributed by atoms with E-state index in [1.807, 2.05) is 0 Å². The van der Waals surface area contributed by atoms with Crippen molar-refractivity contribution in [3.8, 4) is 0 Å². The minimum Gasteiger partial charge on any atom is -0.377 e. The van der Waals surface area contributed by atoms with Gasteiger partial charge in [0, 0.05) is 12.0 Å². The molecule has 0 bridgehead atoms. The number of hydrogen-bond donors (Lipinski definition) is 1. The van der Waals surface area contributed by atoms with Gasteiger partial charge < -0.3 is 10.5 Å². The van der Waals surface area contributed by atoms with Crippen LogP contribution in [0.4, 0.5) is 0 Å². The Labute approximate surface area is 79.8 Å². The fourth-order valence-electron chi connectivity index (χ4n) is 3.98. The smallest absolute Gasteiger partial charge is 0.0666 e. The first kappa shape index (κ1) is 8.25. The summed E-state index contributed by atoms with van der Waals surface area (Å²) in [5, 5.41) is 0. The van der Waals surface area contributed by atoms with E-state index < -0.39 is 0 Å². The van der Waals surface area contributed by atoms with E-state index in [1.54, 1.807) is 0 Å². The van der Waals surface area contributed by atoms with Gasteiger partial charge in [0.1, 0.15) is 0 Å². The molecule has 2 nitrogen and oxygen atoms in total. The number of fused-ring (bicyclic) bond motifs is 2. The molecule has 1 aliphatic heterocycles. The van der Waals surface area contributed by atoms with Crippen LogP contribution in [-0.4, -0.2) is 19.3 Å². The van der Waals surface area contributed by atoms with Crippen molar-refractivity contribution in [1.82, 2.24) is 0 Å². The summed E-state index contributed by atoms with van der Waals surface area (Å²) in [6.45, 7) is 1.89. The third-order valence-electron chi connectivity index (χ3n) is 4.73. The van der Waals surface area contributed by atoms with Crippen LogP contribution in [0.3, 0.4) is 0 Å². The Bertz CT molecular complexity index is 204. The van der Waals surface area contributed by atoms with E-state index in [0.717, 1.165) is 25.0 Å². The minimum atomic E-state index is 0.555. The van der Waals surface area contributed by atoms with Gasteiger partial charge in [-0.2, -0.15) is 0 Å². The summed E-state index contributed by atoms with van der Waals surface area (Å²) in [4.78, 5) is 0. The lowest BCUT2D eigenvalue weighted by Gasteiger charge is -2.67. The molecule has 1 saturated heterocycles. The predicted molar refractivity (Wildman–Crippen MR) is 51.3 cm³/mol. The number of rotatable bonds is 1. The van der Waals surface area contributed by atoms with Crippen molar-refractivity contribution in [2.24, 2.45) is 23.0 Å². The van der Waals surface area contributed by atoms with Crippen molar-refractivity contribution in [3.63, 3.8) is 0 Å². The first-order valence-corrected chi connectivity index (χ1v) is 5.70. The van der Waals surface area contributed by atoms with Gasteiger partial charge in [0.2, 0.25) is 0 Å². The Morgan fingerprint density at radius 2 is 2.15 bits per heavy atom. The maximum atomic E-state index is 5.91. The van der Waals surface area contributed by atoms with Crippen molar-refractivity contribution in [2.75, 3.05) is 13.2 Å². The van der Waals surface area contributed by atoms with Crippen molar-refractivity contribution >= 4 is 0 Å². The summed E-state index contributed by atoms with van der Waals surface area (Å²) in [6, 6.07) is 0. The van der Waals surface area contributed by atoms with Crippen molar-refractivity contribution in [2.45, 2.75) is 38.2 Å². The average molecular weight is 181 g/mol. The molecule has 1 spiro atoms. The van der Waals surface area contributed by atoms with E-state index in [2.05, 4.69) is 0 Å². The molecule has 13 heavy (non-hydrogen) atoms. The monoisotopic (exact) mass is 181 g/mol. The molecular formula is C11H19NO. The van der Waals surface area contributed by atoms with E-state index in [-0.39, 0.29) is 0 Å². The summed E-state index contributed by atoms with van der Waals surface area (Å²) < 4.78 is 5.91. The molecule has 3 rings (SSSR count). The van der Waals surface area contributed by atoms with Crippen LogP contribution in [0, 0.1) is 17.3 Å². The molecule has 2 heteroatoms. The zero-order valence-corrected chi connectivity index (χ0v) is 8.17. The fourth-order valence-corrected chi connectivity index (χ4v) is 3.98. The zero-order valence-electron chi connectivity index (χ0n) is 8.17. The zero-order chi connectivity index (χ0) is 8.89. The molecule has 74 valence electrons. The molecule has 3 atom stereocenters. The highest BCUT2D eigenvalue weighted by Gasteiger charge is 2.64. The van der Waals surface area contributed by atoms with Gasteiger partial charge in [0.25, 0.3) is 0 Å². The highest BCUT2D eigenvalue weighted by Crippen LogP contribution is 2.65. The summed E-state index contributed by atoms with van der Waals surface area (Å²) in [5.41, 5.74) is 6.43. The minimum absolute atomic E-state index is 0.555. The first-order valence-electron chi connectivity index (χ1n) is 5.70. The Morgan fingerprint density at radius 3 is 2.77 bits per heavy atom. The van der Waals surface area contributed by atoms with E-state index in [9.17, 15) is 0 Å². The lowest BCUT2D eigenvalue weighted by atomic mass is 9.42. The molecule has 0 amide bonds. The molecular weight excluding hydrogens is 162 g/mol. The van der Waals surface area contributed by atoms with E-state index >= 15 is 0 Å². The van der Waals surface area contributed by atoms with Crippen molar-refractivity contribution < 1.29 is 4.74 Å². The highest BCUT2D eigenvalue weighted by atomic mass is 16.5. The van der Waals surface area contributed by atoms with Crippen LogP contribution in [0.5, 0.6) is 0 Å². The number of hydrogen-bond acceptors (Lipinski definition) is 2. The lowest BCUT2D eigenvalue weighted by Crippen LogP contribution is -2.68. The first-order chi connectivity index (χ1) is 6.38. The van der Waals surface area contributed by atoms with Crippen molar-refractivity contribution in [3.05, 3.63) is 0 Å². The summed E-state index contributed by atoms with van der Waals surface area (Å²) in [6.07, 6.45) is 7.40. The largest absolute Gasteiger partial charge is 0.377 e. The molecule has 2 aliphatic carbocycles. The van der Waals surface area contributed by atoms with E-state index in [0.29, 0.717) is 11.5 Å². The maximum Gasteiger partial charge on any atom is 0.0666 e. The molecule has 2 saturated carbocycles. The van der Waals surface area contributed by atoms with E-state index in [1.165, 1.54) is 32.1 Å².